The topological polar surface area (TPSA) is 32.3 Å². The van der Waals surface area contributed by atoms with Gasteiger partial charge in [0, 0.05) is 19.0 Å². The second-order valence-corrected chi connectivity index (χ2v) is 6.21. The van der Waals surface area contributed by atoms with E-state index in [1.165, 1.54) is 25.7 Å². The largest absolute Gasteiger partial charge is 0.342 e. The van der Waals surface area contributed by atoms with Crippen LogP contribution >= 0.6 is 0 Å². The Morgan fingerprint density at radius 3 is 2.47 bits per heavy atom. The molecule has 17 heavy (non-hydrogen) atoms. The Hall–Kier alpha value is -0.570. The summed E-state index contributed by atoms with van der Waals surface area (Å²) >= 11 is 0. The lowest BCUT2D eigenvalue weighted by Crippen LogP contribution is -2.46. The maximum Gasteiger partial charge on any atom is 0.225 e. The van der Waals surface area contributed by atoms with Gasteiger partial charge in [-0.05, 0) is 57.0 Å². The number of carbonyl (C=O) groups is 1. The number of hydrogen-bond donors (Lipinski definition) is 1. The van der Waals surface area contributed by atoms with E-state index in [1.54, 1.807) is 0 Å². The molecule has 0 aromatic rings. The smallest absolute Gasteiger partial charge is 0.225 e. The standard InChI is InChI=1S/C14H24N2O/c1-16(12-4-6-15-7-5-12)14(17)13-9-10-2-3-11(13)8-10/h10-13,15H,2-9H2,1H3. The number of nitrogens with zero attached hydrogens (tertiary/aromatic N) is 1. The molecule has 3 rings (SSSR count). The highest BCUT2D eigenvalue weighted by Crippen LogP contribution is 2.48. The third-order valence-electron chi connectivity index (χ3n) is 5.26. The lowest BCUT2D eigenvalue weighted by atomic mass is 9.87. The molecule has 1 heterocycles. The van der Waals surface area contributed by atoms with Gasteiger partial charge in [-0.2, -0.15) is 0 Å². The highest BCUT2D eigenvalue weighted by molar-refractivity contribution is 5.79. The normalized spacial score (nSPS) is 37.4. The van der Waals surface area contributed by atoms with Crippen molar-refractivity contribution in [2.45, 2.75) is 44.6 Å². The van der Waals surface area contributed by atoms with Crippen molar-refractivity contribution in [1.82, 2.24) is 10.2 Å². The zero-order valence-corrected chi connectivity index (χ0v) is 10.8. The van der Waals surface area contributed by atoms with Crippen LogP contribution in [0.15, 0.2) is 0 Å². The van der Waals surface area contributed by atoms with Gasteiger partial charge in [-0.25, -0.2) is 0 Å². The van der Waals surface area contributed by atoms with E-state index in [0.717, 1.165) is 37.8 Å². The van der Waals surface area contributed by atoms with E-state index < -0.39 is 0 Å². The Kier molecular flexibility index (Phi) is 3.12. The number of hydrogen-bond acceptors (Lipinski definition) is 2. The summed E-state index contributed by atoms with van der Waals surface area (Å²) in [6.07, 6.45) is 7.45. The van der Waals surface area contributed by atoms with Crippen LogP contribution in [0.4, 0.5) is 0 Å². The first-order chi connectivity index (χ1) is 8.25. The predicted octanol–water partition coefficient (Wildman–Crippen LogP) is 1.63. The molecule has 3 heteroatoms. The van der Waals surface area contributed by atoms with Crippen molar-refractivity contribution < 1.29 is 4.79 Å². The molecule has 1 amide bonds. The summed E-state index contributed by atoms with van der Waals surface area (Å²) in [6, 6.07) is 0.489. The highest BCUT2D eigenvalue weighted by Gasteiger charge is 2.44. The van der Waals surface area contributed by atoms with Gasteiger partial charge in [0.25, 0.3) is 0 Å². The first-order valence-electron chi connectivity index (χ1n) is 7.23. The fraction of sp³-hybridized carbons (Fsp3) is 0.929. The minimum absolute atomic E-state index is 0.369. The second kappa shape index (κ2) is 4.60. The molecule has 2 saturated carbocycles. The van der Waals surface area contributed by atoms with Crippen LogP contribution in [-0.4, -0.2) is 37.0 Å². The number of carbonyl (C=O) groups excluding carboxylic acids is 1. The molecule has 0 aromatic carbocycles. The van der Waals surface area contributed by atoms with Crippen LogP contribution in [0.3, 0.4) is 0 Å². The van der Waals surface area contributed by atoms with Gasteiger partial charge in [0.2, 0.25) is 5.91 Å². The zero-order chi connectivity index (χ0) is 11.8. The van der Waals surface area contributed by atoms with Crippen molar-refractivity contribution in [2.75, 3.05) is 20.1 Å². The predicted molar refractivity (Wildman–Crippen MR) is 67.6 cm³/mol. The molecule has 1 aliphatic heterocycles. The third kappa shape index (κ3) is 2.10. The van der Waals surface area contributed by atoms with Crippen molar-refractivity contribution in [3.63, 3.8) is 0 Å². The Labute approximate surface area is 104 Å². The Bertz CT molecular complexity index is 299. The molecule has 2 bridgehead atoms. The summed E-state index contributed by atoms with van der Waals surface area (Å²) < 4.78 is 0. The van der Waals surface area contributed by atoms with Crippen molar-refractivity contribution in [1.29, 1.82) is 0 Å². The van der Waals surface area contributed by atoms with Gasteiger partial charge in [-0.15, -0.1) is 0 Å². The van der Waals surface area contributed by atoms with Crippen molar-refractivity contribution in [2.24, 2.45) is 17.8 Å². The molecular formula is C14H24N2O. The summed E-state index contributed by atoms with van der Waals surface area (Å²) in [6.45, 7) is 2.14. The van der Waals surface area contributed by atoms with E-state index in [2.05, 4.69) is 10.2 Å². The number of piperidine rings is 1. The average molecular weight is 236 g/mol. The van der Waals surface area contributed by atoms with Crippen molar-refractivity contribution in [3.8, 4) is 0 Å². The quantitative estimate of drug-likeness (QED) is 0.790. The maximum absolute atomic E-state index is 12.5. The summed E-state index contributed by atoms with van der Waals surface area (Å²) in [5.41, 5.74) is 0. The number of nitrogens with one attached hydrogen (secondary N) is 1. The van der Waals surface area contributed by atoms with Crippen LogP contribution in [0.1, 0.15) is 38.5 Å². The first kappa shape index (κ1) is 11.5. The molecule has 3 unspecified atom stereocenters. The monoisotopic (exact) mass is 236 g/mol. The van der Waals surface area contributed by atoms with Gasteiger partial charge in [-0.3, -0.25) is 4.79 Å². The minimum Gasteiger partial charge on any atom is -0.342 e. The molecular weight excluding hydrogens is 212 g/mol. The van der Waals surface area contributed by atoms with E-state index in [1.807, 2.05) is 7.05 Å². The molecule has 3 fully saturated rings. The van der Waals surface area contributed by atoms with Gasteiger partial charge >= 0.3 is 0 Å². The Balaban J connectivity index is 1.61. The lowest BCUT2D eigenvalue weighted by molar-refractivity contribution is -0.138. The Morgan fingerprint density at radius 1 is 1.12 bits per heavy atom. The molecule has 3 nitrogen and oxygen atoms in total. The fourth-order valence-corrected chi connectivity index (χ4v) is 4.18. The number of rotatable bonds is 2. The van der Waals surface area contributed by atoms with Crippen LogP contribution in [-0.2, 0) is 4.79 Å². The van der Waals surface area contributed by atoms with Crippen molar-refractivity contribution >= 4 is 5.91 Å². The fourth-order valence-electron chi connectivity index (χ4n) is 4.18. The van der Waals surface area contributed by atoms with Gasteiger partial charge in [0.15, 0.2) is 0 Å². The average Bonchev–Trinajstić information content (AvgIpc) is 3.00. The lowest BCUT2D eigenvalue weighted by Gasteiger charge is -2.35. The molecule has 3 atom stereocenters. The van der Waals surface area contributed by atoms with Gasteiger partial charge in [0.1, 0.15) is 0 Å². The van der Waals surface area contributed by atoms with E-state index in [4.69, 9.17) is 0 Å². The summed E-state index contributed by atoms with van der Waals surface area (Å²) in [5, 5.41) is 3.37. The molecule has 3 aliphatic rings. The van der Waals surface area contributed by atoms with Crippen LogP contribution in [0.2, 0.25) is 0 Å². The summed E-state index contributed by atoms with van der Waals surface area (Å²) in [5.74, 6) is 2.41. The molecule has 96 valence electrons. The molecule has 1 saturated heterocycles. The minimum atomic E-state index is 0.369. The van der Waals surface area contributed by atoms with Gasteiger partial charge < -0.3 is 10.2 Å². The number of amides is 1. The van der Waals surface area contributed by atoms with E-state index in [9.17, 15) is 4.79 Å². The molecule has 0 radical (unpaired) electrons. The highest BCUT2D eigenvalue weighted by atomic mass is 16.2. The number of fused-ring (bicyclic) bond motifs is 2. The van der Waals surface area contributed by atoms with Crippen LogP contribution in [0.25, 0.3) is 0 Å². The third-order valence-corrected chi connectivity index (χ3v) is 5.26. The second-order valence-electron chi connectivity index (χ2n) is 6.21. The molecule has 0 spiro atoms. The Morgan fingerprint density at radius 2 is 1.88 bits per heavy atom. The summed E-state index contributed by atoms with van der Waals surface area (Å²) in [4.78, 5) is 14.6. The molecule has 2 aliphatic carbocycles. The van der Waals surface area contributed by atoms with E-state index in [-0.39, 0.29) is 0 Å². The van der Waals surface area contributed by atoms with Crippen LogP contribution in [0.5, 0.6) is 0 Å². The molecule has 1 N–H and O–H groups in total. The molecule has 0 aromatic heterocycles. The first-order valence-corrected chi connectivity index (χ1v) is 7.23. The zero-order valence-electron chi connectivity index (χ0n) is 10.8. The summed E-state index contributed by atoms with van der Waals surface area (Å²) in [7, 11) is 2.03. The van der Waals surface area contributed by atoms with Gasteiger partial charge in [0.05, 0.1) is 0 Å². The van der Waals surface area contributed by atoms with Crippen molar-refractivity contribution in [3.05, 3.63) is 0 Å². The maximum atomic E-state index is 12.5. The SMILES string of the molecule is CN(C(=O)C1CC2CCC1C2)C1CCNCC1. The van der Waals surface area contributed by atoms with Crippen LogP contribution in [0, 0.1) is 17.8 Å². The van der Waals surface area contributed by atoms with E-state index in [0.29, 0.717) is 17.9 Å². The van der Waals surface area contributed by atoms with Crippen LogP contribution < -0.4 is 5.32 Å². The van der Waals surface area contributed by atoms with E-state index >= 15 is 0 Å². The van der Waals surface area contributed by atoms with Gasteiger partial charge in [-0.1, -0.05) is 6.42 Å².